The van der Waals surface area contributed by atoms with Crippen LogP contribution in [0.1, 0.15) is 56.2 Å². The molecule has 1 N–H and O–H groups in total. The van der Waals surface area contributed by atoms with Gasteiger partial charge in [-0.2, -0.15) is 4.31 Å². The van der Waals surface area contributed by atoms with Crippen molar-refractivity contribution in [2.45, 2.75) is 69.9 Å². The highest BCUT2D eigenvalue weighted by atomic mass is 32.2. The number of hydrogen-bond donors (Lipinski definition) is 1. The molecule has 0 bridgehead atoms. The van der Waals surface area contributed by atoms with Gasteiger partial charge >= 0.3 is 0 Å². The molecule has 182 valence electrons. The van der Waals surface area contributed by atoms with Crippen molar-refractivity contribution < 1.29 is 18.0 Å². The van der Waals surface area contributed by atoms with E-state index in [1.807, 2.05) is 24.3 Å². The van der Waals surface area contributed by atoms with Crippen LogP contribution in [0.2, 0.25) is 0 Å². The summed E-state index contributed by atoms with van der Waals surface area (Å²) in [5.74, 6) is -0.393. The number of sulfonamides is 1. The fraction of sp³-hybridized carbons (Fsp3) is 0.462. The first kappa shape index (κ1) is 24.4. The first-order valence-corrected chi connectivity index (χ1v) is 13.6. The van der Waals surface area contributed by atoms with Crippen molar-refractivity contribution in [2.75, 3.05) is 18.0 Å². The summed E-state index contributed by atoms with van der Waals surface area (Å²) in [4.78, 5) is 27.7. The van der Waals surface area contributed by atoms with Crippen LogP contribution >= 0.6 is 0 Å². The van der Waals surface area contributed by atoms with E-state index in [-0.39, 0.29) is 23.1 Å². The summed E-state index contributed by atoms with van der Waals surface area (Å²) in [5, 5.41) is 2.96. The van der Waals surface area contributed by atoms with E-state index < -0.39 is 16.1 Å². The third-order valence-electron chi connectivity index (χ3n) is 6.76. The van der Waals surface area contributed by atoms with Crippen LogP contribution in [-0.4, -0.2) is 43.7 Å². The Morgan fingerprint density at radius 2 is 1.65 bits per heavy atom. The molecular weight excluding hydrogens is 450 g/mol. The molecule has 0 radical (unpaired) electrons. The number of carbonyl (C=O) groups is 2. The van der Waals surface area contributed by atoms with Gasteiger partial charge in [-0.05, 0) is 54.2 Å². The molecule has 2 amide bonds. The summed E-state index contributed by atoms with van der Waals surface area (Å²) in [6.45, 7) is 5.30. The number of piperidine rings is 1. The molecule has 2 aromatic rings. The molecule has 0 aliphatic carbocycles. The molecule has 34 heavy (non-hydrogen) atoms. The van der Waals surface area contributed by atoms with Crippen LogP contribution < -0.4 is 10.2 Å². The number of amides is 2. The maximum absolute atomic E-state index is 13.1. The minimum atomic E-state index is -3.59. The van der Waals surface area contributed by atoms with Gasteiger partial charge in [-0.3, -0.25) is 14.5 Å². The molecule has 2 heterocycles. The molecule has 1 fully saturated rings. The van der Waals surface area contributed by atoms with E-state index in [2.05, 4.69) is 12.2 Å². The van der Waals surface area contributed by atoms with Crippen molar-refractivity contribution in [3.8, 4) is 0 Å². The highest BCUT2D eigenvalue weighted by Crippen LogP contribution is 2.35. The zero-order valence-corrected chi connectivity index (χ0v) is 20.7. The fourth-order valence-electron chi connectivity index (χ4n) is 4.73. The normalized spacial score (nSPS) is 18.5. The monoisotopic (exact) mass is 483 g/mol. The van der Waals surface area contributed by atoms with E-state index in [9.17, 15) is 18.0 Å². The number of hydrogen-bond acceptors (Lipinski definition) is 4. The molecule has 0 unspecified atom stereocenters. The fourth-order valence-corrected chi connectivity index (χ4v) is 6.30. The summed E-state index contributed by atoms with van der Waals surface area (Å²) in [6, 6.07) is 12.3. The summed E-state index contributed by atoms with van der Waals surface area (Å²) in [5.41, 5.74) is 3.56. The lowest BCUT2D eigenvalue weighted by Gasteiger charge is -2.26. The highest BCUT2D eigenvalue weighted by Gasteiger charge is 2.38. The molecule has 0 saturated carbocycles. The van der Waals surface area contributed by atoms with Crippen molar-refractivity contribution in [2.24, 2.45) is 0 Å². The average Bonchev–Trinajstić information content (AvgIpc) is 3.26. The summed E-state index contributed by atoms with van der Waals surface area (Å²) < 4.78 is 27.8. The lowest BCUT2D eigenvalue weighted by atomic mass is 10.1. The Bertz CT molecular complexity index is 1160. The van der Waals surface area contributed by atoms with Crippen LogP contribution in [0.25, 0.3) is 0 Å². The third-order valence-corrected chi connectivity index (χ3v) is 8.65. The smallest absolute Gasteiger partial charge is 0.243 e. The highest BCUT2D eigenvalue weighted by molar-refractivity contribution is 7.89. The minimum Gasteiger partial charge on any atom is -0.350 e. The van der Waals surface area contributed by atoms with Gasteiger partial charge in [-0.15, -0.1) is 0 Å². The van der Waals surface area contributed by atoms with Crippen LogP contribution in [0.5, 0.6) is 0 Å². The number of nitrogens with one attached hydrogen (secondary N) is 1. The Labute approximate surface area is 202 Å². The molecule has 1 saturated heterocycles. The predicted octanol–water partition coefficient (Wildman–Crippen LogP) is 3.41. The molecule has 7 nitrogen and oxygen atoms in total. The molecule has 0 aromatic heterocycles. The predicted molar refractivity (Wildman–Crippen MR) is 132 cm³/mol. The molecule has 8 heteroatoms. The number of anilines is 1. The number of aryl methyl sites for hydroxylation is 1. The second kappa shape index (κ2) is 10.3. The lowest BCUT2D eigenvalue weighted by Crippen LogP contribution is -2.47. The second-order valence-electron chi connectivity index (χ2n) is 8.98. The molecule has 2 aliphatic heterocycles. The molecular formula is C26H33N3O4S. The Morgan fingerprint density at radius 3 is 2.29 bits per heavy atom. The zero-order chi connectivity index (χ0) is 24.3. The molecule has 1 atom stereocenters. The van der Waals surface area contributed by atoms with E-state index in [0.29, 0.717) is 37.3 Å². The van der Waals surface area contributed by atoms with Gasteiger partial charge in [0.15, 0.2) is 0 Å². The van der Waals surface area contributed by atoms with Gasteiger partial charge in [0.1, 0.15) is 6.04 Å². The second-order valence-corrected chi connectivity index (χ2v) is 10.9. The van der Waals surface area contributed by atoms with Crippen LogP contribution in [0.15, 0.2) is 47.4 Å². The Hall–Kier alpha value is -2.71. The van der Waals surface area contributed by atoms with E-state index in [1.165, 1.54) is 14.8 Å². The van der Waals surface area contributed by atoms with Crippen LogP contribution in [0.4, 0.5) is 5.69 Å². The lowest BCUT2D eigenvalue weighted by molar-refractivity contribution is -0.126. The van der Waals surface area contributed by atoms with Gasteiger partial charge in [-0.25, -0.2) is 8.42 Å². The van der Waals surface area contributed by atoms with Crippen molar-refractivity contribution in [1.29, 1.82) is 0 Å². The summed E-state index contributed by atoms with van der Waals surface area (Å²) in [7, 11) is -3.59. The quantitative estimate of drug-likeness (QED) is 0.654. The maximum atomic E-state index is 13.1. The third kappa shape index (κ3) is 4.88. The first-order valence-electron chi connectivity index (χ1n) is 12.2. The van der Waals surface area contributed by atoms with Gasteiger partial charge < -0.3 is 5.32 Å². The van der Waals surface area contributed by atoms with Gasteiger partial charge in [0.2, 0.25) is 21.8 Å². The van der Waals surface area contributed by atoms with Crippen molar-refractivity contribution in [3.05, 3.63) is 59.2 Å². The molecule has 2 aliphatic rings. The number of rotatable bonds is 7. The van der Waals surface area contributed by atoms with E-state index in [1.54, 1.807) is 25.1 Å². The Kier molecular flexibility index (Phi) is 7.38. The van der Waals surface area contributed by atoms with Crippen LogP contribution in [0, 0.1) is 0 Å². The number of benzene rings is 2. The van der Waals surface area contributed by atoms with Gasteiger partial charge in [0, 0.05) is 38.2 Å². The number of nitrogens with zero attached hydrogens (tertiary/aromatic N) is 2. The van der Waals surface area contributed by atoms with Crippen molar-refractivity contribution >= 4 is 27.5 Å². The maximum Gasteiger partial charge on any atom is 0.243 e. The van der Waals surface area contributed by atoms with Crippen LogP contribution in [0.3, 0.4) is 0 Å². The standard InChI is InChI=1S/C26H33N3O4S/c1-3-19-8-10-20(11-9-19)18-27-26(31)24-17-21-16-22(12-13-23(21)29(24)25(30)4-2)34(32,33)28-14-6-5-7-15-28/h8-13,16,24H,3-7,14-15,17-18H2,1-2H3,(H,27,31)/t24-/m0/s1. The van der Waals surface area contributed by atoms with Crippen LogP contribution in [-0.2, 0) is 39.0 Å². The minimum absolute atomic E-state index is 0.155. The van der Waals surface area contributed by atoms with Gasteiger partial charge in [-0.1, -0.05) is 44.5 Å². The zero-order valence-electron chi connectivity index (χ0n) is 19.9. The van der Waals surface area contributed by atoms with E-state index in [0.717, 1.165) is 31.2 Å². The molecule has 0 spiro atoms. The van der Waals surface area contributed by atoms with Crippen molar-refractivity contribution in [3.63, 3.8) is 0 Å². The van der Waals surface area contributed by atoms with E-state index >= 15 is 0 Å². The van der Waals surface area contributed by atoms with Gasteiger partial charge in [0.05, 0.1) is 4.90 Å². The Balaban J connectivity index is 1.54. The SMILES string of the molecule is CCC(=O)N1c2ccc(S(=O)(=O)N3CCCCC3)cc2C[C@H]1C(=O)NCc1ccc(CC)cc1. The largest absolute Gasteiger partial charge is 0.350 e. The number of carbonyl (C=O) groups excluding carboxylic acids is 2. The van der Waals surface area contributed by atoms with E-state index in [4.69, 9.17) is 0 Å². The molecule has 2 aromatic carbocycles. The summed E-state index contributed by atoms with van der Waals surface area (Å²) >= 11 is 0. The number of fused-ring (bicyclic) bond motifs is 1. The Morgan fingerprint density at radius 1 is 0.971 bits per heavy atom. The molecule has 4 rings (SSSR count). The van der Waals surface area contributed by atoms with Gasteiger partial charge in [0.25, 0.3) is 0 Å². The topological polar surface area (TPSA) is 86.8 Å². The first-order chi connectivity index (χ1) is 16.3. The van der Waals surface area contributed by atoms with Crippen molar-refractivity contribution in [1.82, 2.24) is 9.62 Å². The average molecular weight is 484 g/mol. The summed E-state index contributed by atoms with van der Waals surface area (Å²) in [6.07, 6.45) is 4.29.